The summed E-state index contributed by atoms with van der Waals surface area (Å²) in [4.78, 5) is 27.7. The van der Waals surface area contributed by atoms with Gasteiger partial charge in [0, 0.05) is 26.1 Å². The maximum atomic E-state index is 14.0. The van der Waals surface area contributed by atoms with Gasteiger partial charge in [-0.25, -0.2) is 13.2 Å². The Morgan fingerprint density at radius 3 is 2.48 bits per heavy atom. The van der Waals surface area contributed by atoms with Crippen molar-refractivity contribution in [3.05, 3.63) is 65.5 Å². The Bertz CT molecular complexity index is 858. The maximum Gasteiger partial charge on any atom is 0.228 e. The van der Waals surface area contributed by atoms with E-state index in [2.05, 4.69) is 0 Å². The van der Waals surface area contributed by atoms with E-state index in [9.17, 15) is 22.8 Å². The molecule has 0 bridgehead atoms. The number of nitrogens with zero attached hydrogens (tertiary/aromatic N) is 2. The second kappa shape index (κ2) is 7.82. The average Bonchev–Trinajstić information content (AvgIpc) is 3.06. The van der Waals surface area contributed by atoms with Gasteiger partial charge in [0.05, 0.1) is 11.6 Å². The molecule has 1 saturated heterocycles. The lowest BCUT2D eigenvalue weighted by molar-refractivity contribution is -0.136. The predicted octanol–water partition coefficient (Wildman–Crippen LogP) is 3.51. The molecule has 0 saturated carbocycles. The van der Waals surface area contributed by atoms with Gasteiger partial charge in [0.1, 0.15) is 0 Å². The number of rotatable bonds is 5. The van der Waals surface area contributed by atoms with Gasteiger partial charge in [-0.1, -0.05) is 30.3 Å². The maximum absolute atomic E-state index is 14.0. The van der Waals surface area contributed by atoms with Gasteiger partial charge in [-0.15, -0.1) is 0 Å². The first-order valence-electron chi connectivity index (χ1n) is 8.69. The first-order chi connectivity index (χ1) is 12.9. The molecule has 0 radical (unpaired) electrons. The molecule has 2 aromatic rings. The molecule has 27 heavy (non-hydrogen) atoms. The van der Waals surface area contributed by atoms with Crippen molar-refractivity contribution in [1.82, 2.24) is 4.90 Å². The fraction of sp³-hybridized carbons (Fsp3) is 0.300. The third-order valence-corrected chi connectivity index (χ3v) is 4.69. The van der Waals surface area contributed by atoms with Crippen molar-refractivity contribution in [1.29, 1.82) is 0 Å². The zero-order valence-electron chi connectivity index (χ0n) is 14.8. The molecule has 0 aromatic heterocycles. The van der Waals surface area contributed by atoms with Gasteiger partial charge < -0.3 is 9.80 Å². The van der Waals surface area contributed by atoms with Crippen LogP contribution in [0, 0.1) is 23.4 Å². The quantitative estimate of drug-likeness (QED) is 0.750. The molecule has 1 aliphatic rings. The topological polar surface area (TPSA) is 40.6 Å². The van der Waals surface area contributed by atoms with E-state index in [4.69, 9.17) is 0 Å². The van der Waals surface area contributed by atoms with E-state index < -0.39 is 29.3 Å². The highest BCUT2D eigenvalue weighted by Gasteiger charge is 2.38. The zero-order chi connectivity index (χ0) is 19.6. The van der Waals surface area contributed by atoms with Crippen LogP contribution in [0.1, 0.15) is 18.9 Å². The molecule has 1 unspecified atom stereocenters. The van der Waals surface area contributed by atoms with Gasteiger partial charge in [0.15, 0.2) is 17.5 Å². The number of hydrogen-bond donors (Lipinski definition) is 0. The monoisotopic (exact) mass is 376 g/mol. The molecule has 0 spiro atoms. The summed E-state index contributed by atoms with van der Waals surface area (Å²) in [6.45, 7) is 2.63. The van der Waals surface area contributed by atoms with Crippen LogP contribution in [0.5, 0.6) is 0 Å². The number of hydrogen-bond acceptors (Lipinski definition) is 2. The third kappa shape index (κ3) is 3.82. The molecule has 2 amide bonds. The molecule has 1 heterocycles. The van der Waals surface area contributed by atoms with Gasteiger partial charge in [-0.3, -0.25) is 9.59 Å². The number of amides is 2. The fourth-order valence-electron chi connectivity index (χ4n) is 3.24. The Morgan fingerprint density at radius 2 is 1.81 bits per heavy atom. The lowest BCUT2D eigenvalue weighted by Gasteiger charge is -2.24. The van der Waals surface area contributed by atoms with Crippen molar-refractivity contribution in [2.24, 2.45) is 5.92 Å². The Balaban J connectivity index is 1.76. The summed E-state index contributed by atoms with van der Waals surface area (Å²) in [6.07, 6.45) is -0.0947. The minimum Gasteiger partial charge on any atom is -0.338 e. The summed E-state index contributed by atoms with van der Waals surface area (Å²) in [5.74, 6) is -5.75. The minimum atomic E-state index is -1.63. The summed E-state index contributed by atoms with van der Waals surface area (Å²) in [5, 5.41) is 0. The molecule has 2 aromatic carbocycles. The van der Waals surface area contributed by atoms with E-state index in [1.807, 2.05) is 37.3 Å². The van der Waals surface area contributed by atoms with Crippen LogP contribution >= 0.6 is 0 Å². The number of carbonyl (C=O) groups excluding carboxylic acids is 2. The number of benzene rings is 2. The highest BCUT2D eigenvalue weighted by Crippen LogP contribution is 2.30. The first-order valence-corrected chi connectivity index (χ1v) is 8.69. The molecule has 0 N–H and O–H groups in total. The van der Waals surface area contributed by atoms with Crippen LogP contribution in [0.4, 0.5) is 18.9 Å². The first kappa shape index (κ1) is 18.9. The highest BCUT2D eigenvalue weighted by atomic mass is 19.2. The average molecular weight is 376 g/mol. The van der Waals surface area contributed by atoms with E-state index >= 15 is 0 Å². The van der Waals surface area contributed by atoms with Crippen molar-refractivity contribution < 1.29 is 22.8 Å². The van der Waals surface area contributed by atoms with Gasteiger partial charge in [0.25, 0.3) is 0 Å². The number of halogens is 3. The summed E-state index contributed by atoms with van der Waals surface area (Å²) in [6, 6.07) is 11.2. The highest BCUT2D eigenvalue weighted by molar-refractivity contribution is 6.00. The molecule has 1 fully saturated rings. The Morgan fingerprint density at radius 1 is 1.11 bits per heavy atom. The van der Waals surface area contributed by atoms with E-state index in [1.165, 1.54) is 0 Å². The molecule has 1 atom stereocenters. The standard InChI is InChI=1S/C20H19F3N2O2/c1-2-24(11-13-6-4-3-5-7-13)20(27)14-10-17(26)25(12-14)16-9-8-15(21)18(22)19(16)23/h3-9,14H,2,10-12H2,1H3. The minimum absolute atomic E-state index is 0.0645. The summed E-state index contributed by atoms with van der Waals surface area (Å²) < 4.78 is 40.6. The molecule has 1 aliphatic heterocycles. The molecule has 7 heteroatoms. The van der Waals surface area contributed by atoms with E-state index in [1.54, 1.807) is 4.90 Å². The van der Waals surface area contributed by atoms with Crippen LogP contribution in [-0.2, 0) is 16.1 Å². The Hall–Kier alpha value is -2.83. The van der Waals surface area contributed by atoms with Crippen LogP contribution in [0.3, 0.4) is 0 Å². The molecule has 0 aliphatic carbocycles. The smallest absolute Gasteiger partial charge is 0.228 e. The summed E-state index contributed by atoms with van der Waals surface area (Å²) >= 11 is 0. The second-order valence-electron chi connectivity index (χ2n) is 6.44. The summed E-state index contributed by atoms with van der Waals surface area (Å²) in [7, 11) is 0. The zero-order valence-corrected chi connectivity index (χ0v) is 14.8. The lowest BCUT2D eigenvalue weighted by Crippen LogP contribution is -2.37. The number of carbonyl (C=O) groups is 2. The SMILES string of the molecule is CCN(Cc1ccccc1)C(=O)C1CC(=O)N(c2ccc(F)c(F)c2F)C1. The largest absolute Gasteiger partial charge is 0.338 e. The Kier molecular flexibility index (Phi) is 5.48. The van der Waals surface area contributed by atoms with Crippen molar-refractivity contribution >= 4 is 17.5 Å². The molecule has 3 rings (SSSR count). The van der Waals surface area contributed by atoms with E-state index in [0.717, 1.165) is 22.6 Å². The predicted molar refractivity (Wildman–Crippen MR) is 94.3 cm³/mol. The van der Waals surface area contributed by atoms with Crippen molar-refractivity contribution in [3.8, 4) is 0 Å². The lowest BCUT2D eigenvalue weighted by atomic mass is 10.1. The van der Waals surface area contributed by atoms with Crippen LogP contribution in [0.15, 0.2) is 42.5 Å². The fourth-order valence-corrected chi connectivity index (χ4v) is 3.24. The second-order valence-corrected chi connectivity index (χ2v) is 6.44. The molecular weight excluding hydrogens is 357 g/mol. The van der Waals surface area contributed by atoms with Crippen molar-refractivity contribution in [2.75, 3.05) is 18.0 Å². The van der Waals surface area contributed by atoms with Gasteiger partial charge in [0.2, 0.25) is 11.8 Å². The van der Waals surface area contributed by atoms with Gasteiger partial charge >= 0.3 is 0 Å². The van der Waals surface area contributed by atoms with Gasteiger partial charge in [-0.2, -0.15) is 0 Å². The molecular formula is C20H19F3N2O2. The van der Waals surface area contributed by atoms with Crippen LogP contribution in [0.2, 0.25) is 0 Å². The van der Waals surface area contributed by atoms with Crippen molar-refractivity contribution in [2.45, 2.75) is 19.9 Å². The van der Waals surface area contributed by atoms with Crippen LogP contribution in [0.25, 0.3) is 0 Å². The third-order valence-electron chi connectivity index (χ3n) is 4.69. The van der Waals surface area contributed by atoms with Crippen LogP contribution in [-0.4, -0.2) is 29.8 Å². The molecule has 4 nitrogen and oxygen atoms in total. The van der Waals surface area contributed by atoms with Crippen molar-refractivity contribution in [3.63, 3.8) is 0 Å². The van der Waals surface area contributed by atoms with E-state index in [0.29, 0.717) is 13.1 Å². The number of anilines is 1. The summed E-state index contributed by atoms with van der Waals surface area (Å²) in [5.41, 5.74) is 0.612. The van der Waals surface area contributed by atoms with Gasteiger partial charge in [-0.05, 0) is 24.6 Å². The molecule has 142 valence electrons. The Labute approximate surface area is 155 Å². The van der Waals surface area contributed by atoms with E-state index in [-0.39, 0.29) is 24.6 Å². The normalized spacial score (nSPS) is 16.7. The van der Waals surface area contributed by atoms with Crippen LogP contribution < -0.4 is 4.90 Å².